The van der Waals surface area contributed by atoms with Crippen LogP contribution >= 0.6 is 0 Å². The average molecular weight is 223 g/mol. The van der Waals surface area contributed by atoms with E-state index >= 15 is 0 Å². The van der Waals surface area contributed by atoms with E-state index in [0.29, 0.717) is 11.7 Å². The minimum atomic E-state index is -0.435. The van der Waals surface area contributed by atoms with Crippen molar-refractivity contribution in [1.29, 1.82) is 0 Å². The number of anilines is 1. The molecular weight excluding hydrogens is 206 g/mol. The molecule has 0 saturated carbocycles. The second kappa shape index (κ2) is 4.92. The molecule has 0 bridgehead atoms. The van der Waals surface area contributed by atoms with Crippen molar-refractivity contribution in [2.24, 2.45) is 5.92 Å². The molecule has 0 spiro atoms. The average Bonchev–Trinajstić information content (AvgIpc) is 2.20. The van der Waals surface area contributed by atoms with E-state index in [4.69, 9.17) is 0 Å². The number of aryl methyl sites for hydroxylation is 1. The lowest BCUT2D eigenvalue weighted by atomic mass is 10.1. The van der Waals surface area contributed by atoms with E-state index in [1.807, 2.05) is 6.92 Å². The Balaban J connectivity index is 2.87. The van der Waals surface area contributed by atoms with Crippen LogP contribution in [0.15, 0.2) is 12.3 Å². The maximum atomic E-state index is 10.5. The van der Waals surface area contributed by atoms with Crippen LogP contribution in [0.4, 0.5) is 11.5 Å². The molecule has 0 radical (unpaired) electrons. The van der Waals surface area contributed by atoms with Crippen molar-refractivity contribution < 1.29 is 4.92 Å². The Morgan fingerprint density at radius 1 is 1.44 bits per heavy atom. The van der Waals surface area contributed by atoms with Crippen LogP contribution in [0.5, 0.6) is 0 Å². The molecule has 0 aliphatic rings. The van der Waals surface area contributed by atoms with Crippen molar-refractivity contribution in [1.82, 2.24) is 4.98 Å². The molecule has 5 nitrogen and oxygen atoms in total. The van der Waals surface area contributed by atoms with Gasteiger partial charge < -0.3 is 5.32 Å². The molecule has 1 unspecified atom stereocenters. The second-order valence-corrected chi connectivity index (χ2v) is 4.29. The molecule has 0 aromatic carbocycles. The van der Waals surface area contributed by atoms with Gasteiger partial charge in [0, 0.05) is 12.1 Å². The van der Waals surface area contributed by atoms with Gasteiger partial charge in [-0.1, -0.05) is 13.8 Å². The molecule has 0 aliphatic heterocycles. The van der Waals surface area contributed by atoms with Gasteiger partial charge in [-0.25, -0.2) is 4.98 Å². The largest absolute Gasteiger partial charge is 0.367 e. The third-order valence-corrected chi connectivity index (χ3v) is 2.64. The Bertz CT molecular complexity index is 391. The molecule has 16 heavy (non-hydrogen) atoms. The van der Waals surface area contributed by atoms with Crippen LogP contribution in [0.1, 0.15) is 26.3 Å². The van der Waals surface area contributed by atoms with E-state index in [1.165, 1.54) is 12.3 Å². The van der Waals surface area contributed by atoms with Crippen molar-refractivity contribution in [2.45, 2.75) is 33.7 Å². The summed E-state index contributed by atoms with van der Waals surface area (Å²) >= 11 is 0. The highest BCUT2D eigenvalue weighted by Crippen LogP contribution is 2.19. The fourth-order valence-electron chi connectivity index (χ4n) is 1.19. The van der Waals surface area contributed by atoms with Gasteiger partial charge in [-0.05, 0) is 25.3 Å². The van der Waals surface area contributed by atoms with Crippen molar-refractivity contribution in [3.63, 3.8) is 0 Å². The molecule has 1 N–H and O–H groups in total. The zero-order chi connectivity index (χ0) is 12.3. The highest BCUT2D eigenvalue weighted by atomic mass is 16.6. The number of hydrogen-bond acceptors (Lipinski definition) is 4. The van der Waals surface area contributed by atoms with E-state index in [1.54, 1.807) is 0 Å². The van der Waals surface area contributed by atoms with Gasteiger partial charge in [0.2, 0.25) is 0 Å². The number of nitro groups is 1. The van der Waals surface area contributed by atoms with Crippen molar-refractivity contribution in [3.8, 4) is 0 Å². The lowest BCUT2D eigenvalue weighted by Gasteiger charge is -2.19. The Morgan fingerprint density at radius 3 is 2.50 bits per heavy atom. The number of nitrogens with one attached hydrogen (secondary N) is 1. The van der Waals surface area contributed by atoms with E-state index in [-0.39, 0.29) is 11.7 Å². The molecule has 0 saturated heterocycles. The minimum absolute atomic E-state index is 0.0280. The highest BCUT2D eigenvalue weighted by molar-refractivity contribution is 5.48. The molecule has 0 aliphatic carbocycles. The topological polar surface area (TPSA) is 68.1 Å². The first kappa shape index (κ1) is 12.4. The number of nitrogens with zero attached hydrogens (tertiary/aromatic N) is 2. The Labute approximate surface area is 95.0 Å². The van der Waals surface area contributed by atoms with Gasteiger partial charge in [-0.2, -0.15) is 0 Å². The van der Waals surface area contributed by atoms with Crippen molar-refractivity contribution in [2.75, 3.05) is 5.32 Å². The summed E-state index contributed by atoms with van der Waals surface area (Å²) in [5.74, 6) is 1.20. The normalized spacial score (nSPS) is 12.6. The Morgan fingerprint density at radius 2 is 2.06 bits per heavy atom. The first-order chi connectivity index (χ1) is 7.41. The maximum Gasteiger partial charge on any atom is 0.287 e. The van der Waals surface area contributed by atoms with Crippen molar-refractivity contribution in [3.05, 3.63) is 27.9 Å². The van der Waals surface area contributed by atoms with Crippen molar-refractivity contribution >= 4 is 11.5 Å². The van der Waals surface area contributed by atoms with Crippen LogP contribution in [0.2, 0.25) is 0 Å². The molecule has 1 heterocycles. The second-order valence-electron chi connectivity index (χ2n) is 4.29. The SMILES string of the molecule is Cc1cc([N+](=O)[O-])cnc1NC(C)C(C)C. The van der Waals surface area contributed by atoms with Crippen LogP contribution in [0.25, 0.3) is 0 Å². The molecule has 1 atom stereocenters. The third-order valence-electron chi connectivity index (χ3n) is 2.64. The van der Waals surface area contributed by atoms with Crippen LogP contribution in [0, 0.1) is 23.0 Å². The van der Waals surface area contributed by atoms with E-state index in [0.717, 1.165) is 5.56 Å². The smallest absolute Gasteiger partial charge is 0.287 e. The van der Waals surface area contributed by atoms with Crippen LogP contribution in [-0.4, -0.2) is 15.9 Å². The molecule has 1 aromatic rings. The standard InChI is InChI=1S/C11H17N3O2/c1-7(2)9(4)13-11-8(3)5-10(6-12-11)14(15)16/h5-7,9H,1-4H3,(H,12,13). The zero-order valence-electron chi connectivity index (χ0n) is 10.0. The monoisotopic (exact) mass is 223 g/mol. The van der Waals surface area contributed by atoms with Gasteiger partial charge in [0.1, 0.15) is 12.0 Å². The number of aromatic nitrogens is 1. The van der Waals surface area contributed by atoms with Gasteiger partial charge in [0.25, 0.3) is 5.69 Å². The molecular formula is C11H17N3O2. The first-order valence-corrected chi connectivity index (χ1v) is 5.29. The summed E-state index contributed by atoms with van der Waals surface area (Å²) in [6.07, 6.45) is 1.28. The summed E-state index contributed by atoms with van der Waals surface area (Å²) in [4.78, 5) is 14.2. The van der Waals surface area contributed by atoms with Gasteiger partial charge in [-0.3, -0.25) is 10.1 Å². The lowest BCUT2D eigenvalue weighted by molar-refractivity contribution is -0.385. The fourth-order valence-corrected chi connectivity index (χ4v) is 1.19. The summed E-state index contributed by atoms with van der Waals surface area (Å²) < 4.78 is 0. The first-order valence-electron chi connectivity index (χ1n) is 5.29. The van der Waals surface area contributed by atoms with E-state index in [2.05, 4.69) is 31.1 Å². The van der Waals surface area contributed by atoms with Crippen LogP contribution in [0.3, 0.4) is 0 Å². The van der Waals surface area contributed by atoms with E-state index < -0.39 is 4.92 Å². The van der Waals surface area contributed by atoms with Gasteiger partial charge in [0.15, 0.2) is 0 Å². The molecule has 5 heteroatoms. The molecule has 1 aromatic heterocycles. The maximum absolute atomic E-state index is 10.5. The number of pyridine rings is 1. The van der Waals surface area contributed by atoms with Crippen LogP contribution < -0.4 is 5.32 Å². The quantitative estimate of drug-likeness (QED) is 0.629. The number of rotatable bonds is 4. The molecule has 0 fully saturated rings. The summed E-state index contributed by atoms with van der Waals surface area (Å²) in [5.41, 5.74) is 0.821. The lowest BCUT2D eigenvalue weighted by Crippen LogP contribution is -2.22. The Kier molecular flexibility index (Phi) is 3.82. The predicted octanol–water partition coefficient (Wildman–Crippen LogP) is 2.75. The molecule has 0 amide bonds. The molecule has 88 valence electrons. The summed E-state index contributed by atoms with van der Waals surface area (Å²) in [6.45, 7) is 8.10. The third kappa shape index (κ3) is 2.92. The van der Waals surface area contributed by atoms with E-state index in [9.17, 15) is 10.1 Å². The fraction of sp³-hybridized carbons (Fsp3) is 0.545. The van der Waals surface area contributed by atoms with Gasteiger partial charge in [-0.15, -0.1) is 0 Å². The summed E-state index contributed by atoms with van der Waals surface area (Å²) in [5, 5.41) is 13.8. The van der Waals surface area contributed by atoms with Crippen LogP contribution in [-0.2, 0) is 0 Å². The summed E-state index contributed by atoms with van der Waals surface area (Å²) in [7, 11) is 0. The minimum Gasteiger partial charge on any atom is -0.367 e. The summed E-state index contributed by atoms with van der Waals surface area (Å²) in [6, 6.07) is 1.82. The van der Waals surface area contributed by atoms with Gasteiger partial charge in [0.05, 0.1) is 4.92 Å². The van der Waals surface area contributed by atoms with Gasteiger partial charge >= 0.3 is 0 Å². The molecule has 1 rings (SSSR count). The number of hydrogen-bond donors (Lipinski definition) is 1. The zero-order valence-corrected chi connectivity index (χ0v) is 10.0. The Hall–Kier alpha value is -1.65. The predicted molar refractivity (Wildman–Crippen MR) is 63.6 cm³/mol. The highest BCUT2D eigenvalue weighted by Gasteiger charge is 2.12.